The minimum atomic E-state index is -0.878. The number of pyridine rings is 1. The van der Waals surface area contributed by atoms with Crippen molar-refractivity contribution in [2.75, 3.05) is 11.5 Å². The van der Waals surface area contributed by atoms with Crippen molar-refractivity contribution in [2.24, 2.45) is 0 Å². The molecule has 0 aliphatic carbocycles. The van der Waals surface area contributed by atoms with E-state index < -0.39 is 29.9 Å². The highest BCUT2D eigenvalue weighted by molar-refractivity contribution is 6.10. The van der Waals surface area contributed by atoms with Gasteiger partial charge < -0.3 is 14.9 Å². The lowest BCUT2D eigenvalue weighted by Gasteiger charge is -2.23. The summed E-state index contributed by atoms with van der Waals surface area (Å²) in [6.45, 7) is -0.346. The summed E-state index contributed by atoms with van der Waals surface area (Å²) in [5, 5.41) is 19.3. The molecule has 1 saturated heterocycles. The third-order valence-electron chi connectivity index (χ3n) is 5.13. The van der Waals surface area contributed by atoms with Gasteiger partial charge in [0.15, 0.2) is 0 Å². The molecule has 7 heteroatoms. The predicted octanol–water partition coefficient (Wildman–Crippen LogP) is 2.47. The number of aliphatic hydroxyl groups excluding tert-OH is 2. The van der Waals surface area contributed by atoms with Gasteiger partial charge in [-0.1, -0.05) is 36.4 Å². The van der Waals surface area contributed by atoms with Gasteiger partial charge in [0.25, 0.3) is 11.5 Å². The van der Waals surface area contributed by atoms with Crippen LogP contribution < -0.4 is 10.5 Å². The summed E-state index contributed by atoms with van der Waals surface area (Å²) in [6, 6.07) is 21.3. The third kappa shape index (κ3) is 3.78. The topological polar surface area (TPSA) is 92.0 Å². The smallest absolute Gasteiger partial charge is 0.268 e. The standard InChI is InChI=1S/C23H22N2O5/c26-15-20-19(27)14-21(30-20)24-13-7-12-18(22(24)28)23(29)25(16-8-3-1-4-9-16)17-10-5-2-6-11-17/h1-13,19-21,26-27H,14-15H2/t19-,20+,21-/m0/s1. The summed E-state index contributed by atoms with van der Waals surface area (Å²) < 4.78 is 6.88. The largest absolute Gasteiger partial charge is 0.394 e. The van der Waals surface area contributed by atoms with Crippen molar-refractivity contribution >= 4 is 17.3 Å². The molecule has 0 unspecified atom stereocenters. The second-order valence-electron chi connectivity index (χ2n) is 7.06. The van der Waals surface area contributed by atoms with E-state index >= 15 is 0 Å². The molecule has 4 rings (SSSR count). The summed E-state index contributed by atoms with van der Waals surface area (Å²) >= 11 is 0. The number of para-hydroxylation sites is 2. The number of benzene rings is 2. The predicted molar refractivity (Wildman–Crippen MR) is 112 cm³/mol. The molecule has 2 aromatic carbocycles. The van der Waals surface area contributed by atoms with Gasteiger partial charge in [0, 0.05) is 24.0 Å². The van der Waals surface area contributed by atoms with Crippen LogP contribution in [-0.4, -0.2) is 39.5 Å². The molecule has 1 aromatic heterocycles. The first kappa shape index (κ1) is 20.0. The van der Waals surface area contributed by atoms with E-state index in [0.717, 1.165) is 0 Å². The number of hydrogen-bond donors (Lipinski definition) is 2. The van der Waals surface area contributed by atoms with Gasteiger partial charge >= 0.3 is 0 Å². The number of aliphatic hydroxyl groups is 2. The molecule has 3 aromatic rings. The van der Waals surface area contributed by atoms with Crippen molar-refractivity contribution in [2.45, 2.75) is 24.9 Å². The Labute approximate surface area is 173 Å². The van der Waals surface area contributed by atoms with E-state index in [2.05, 4.69) is 0 Å². The van der Waals surface area contributed by atoms with Crippen LogP contribution in [0.4, 0.5) is 11.4 Å². The lowest BCUT2D eigenvalue weighted by atomic mass is 10.1. The zero-order chi connectivity index (χ0) is 21.1. The van der Waals surface area contributed by atoms with E-state index in [1.165, 1.54) is 21.7 Å². The van der Waals surface area contributed by atoms with Crippen molar-refractivity contribution in [1.29, 1.82) is 0 Å². The molecule has 2 N–H and O–H groups in total. The first-order chi connectivity index (χ1) is 14.6. The van der Waals surface area contributed by atoms with Crippen LogP contribution >= 0.6 is 0 Å². The number of hydrogen-bond acceptors (Lipinski definition) is 5. The maximum absolute atomic E-state index is 13.5. The quantitative estimate of drug-likeness (QED) is 0.679. The molecular weight excluding hydrogens is 384 g/mol. The first-order valence-corrected chi connectivity index (χ1v) is 9.70. The number of carbonyl (C=O) groups is 1. The Hall–Kier alpha value is -3.26. The van der Waals surface area contributed by atoms with Crippen LogP contribution in [0.15, 0.2) is 83.8 Å². The van der Waals surface area contributed by atoms with Gasteiger partial charge in [0.05, 0.1) is 12.7 Å². The van der Waals surface area contributed by atoms with Gasteiger partial charge in [-0.2, -0.15) is 0 Å². The minimum Gasteiger partial charge on any atom is -0.394 e. The fraction of sp³-hybridized carbons (Fsp3) is 0.217. The fourth-order valence-corrected chi connectivity index (χ4v) is 3.61. The molecule has 7 nitrogen and oxygen atoms in total. The van der Waals surface area contributed by atoms with Crippen molar-refractivity contribution in [3.63, 3.8) is 0 Å². The Bertz CT molecular complexity index is 1030. The SMILES string of the molecule is O=C(c1cccn([C@@H]2C[C@H](O)[C@@H](CO)O2)c1=O)N(c1ccccc1)c1ccccc1. The Balaban J connectivity index is 1.74. The Morgan fingerprint density at radius 1 is 1.00 bits per heavy atom. The molecule has 0 spiro atoms. The molecule has 1 fully saturated rings. The summed E-state index contributed by atoms with van der Waals surface area (Å²) in [6.07, 6.45) is -0.711. The molecule has 0 radical (unpaired) electrons. The van der Waals surface area contributed by atoms with Gasteiger partial charge in [-0.3, -0.25) is 19.1 Å². The molecule has 0 bridgehead atoms. The molecule has 3 atom stereocenters. The fourth-order valence-electron chi connectivity index (χ4n) is 3.61. The second-order valence-corrected chi connectivity index (χ2v) is 7.06. The number of carbonyl (C=O) groups excluding carboxylic acids is 1. The summed E-state index contributed by atoms with van der Waals surface area (Å²) in [5.41, 5.74) is 0.735. The number of nitrogens with zero attached hydrogens (tertiary/aromatic N) is 2. The lowest BCUT2D eigenvalue weighted by molar-refractivity contribution is -0.0455. The van der Waals surface area contributed by atoms with Crippen LogP contribution in [0.25, 0.3) is 0 Å². The molecule has 1 amide bonds. The van der Waals surface area contributed by atoms with Crippen LogP contribution in [0.1, 0.15) is 23.0 Å². The Kier molecular flexibility index (Phi) is 5.76. The Morgan fingerprint density at radius 2 is 1.60 bits per heavy atom. The maximum Gasteiger partial charge on any atom is 0.268 e. The van der Waals surface area contributed by atoms with Crippen molar-refractivity contribution < 1.29 is 19.7 Å². The lowest BCUT2D eigenvalue weighted by Crippen LogP contribution is -2.35. The normalized spacial score (nSPS) is 20.8. The van der Waals surface area contributed by atoms with Gasteiger partial charge in [-0.15, -0.1) is 0 Å². The number of ether oxygens (including phenoxy) is 1. The Morgan fingerprint density at radius 3 is 2.13 bits per heavy atom. The minimum absolute atomic E-state index is 0.0178. The molecule has 154 valence electrons. The molecular formula is C23H22N2O5. The third-order valence-corrected chi connectivity index (χ3v) is 5.13. The number of amides is 1. The molecule has 1 aliphatic heterocycles. The van der Waals surface area contributed by atoms with E-state index in [4.69, 9.17) is 4.74 Å². The number of rotatable bonds is 5. The van der Waals surface area contributed by atoms with E-state index in [1.807, 2.05) is 36.4 Å². The van der Waals surface area contributed by atoms with Crippen LogP contribution in [0.2, 0.25) is 0 Å². The van der Waals surface area contributed by atoms with Crippen molar-refractivity contribution in [3.8, 4) is 0 Å². The number of anilines is 2. The zero-order valence-electron chi connectivity index (χ0n) is 16.2. The molecule has 2 heterocycles. The van der Waals surface area contributed by atoms with E-state index in [0.29, 0.717) is 11.4 Å². The summed E-state index contributed by atoms with van der Waals surface area (Å²) in [5.74, 6) is -0.469. The van der Waals surface area contributed by atoms with Gasteiger partial charge in [-0.25, -0.2) is 0 Å². The van der Waals surface area contributed by atoms with E-state index in [9.17, 15) is 19.8 Å². The first-order valence-electron chi connectivity index (χ1n) is 9.70. The summed E-state index contributed by atoms with van der Waals surface area (Å²) in [4.78, 5) is 28.1. The zero-order valence-corrected chi connectivity index (χ0v) is 16.2. The second kappa shape index (κ2) is 8.62. The van der Waals surface area contributed by atoms with E-state index in [-0.39, 0.29) is 18.6 Å². The van der Waals surface area contributed by atoms with Crippen molar-refractivity contribution in [1.82, 2.24) is 4.57 Å². The highest BCUT2D eigenvalue weighted by atomic mass is 16.5. The molecule has 1 aliphatic rings. The molecule has 0 saturated carbocycles. The summed E-state index contributed by atoms with van der Waals surface area (Å²) in [7, 11) is 0. The highest BCUT2D eigenvalue weighted by Crippen LogP contribution is 2.29. The van der Waals surface area contributed by atoms with Gasteiger partial charge in [0.1, 0.15) is 17.9 Å². The van der Waals surface area contributed by atoms with E-state index in [1.54, 1.807) is 30.3 Å². The highest BCUT2D eigenvalue weighted by Gasteiger charge is 2.35. The average molecular weight is 406 g/mol. The van der Waals surface area contributed by atoms with Crippen LogP contribution in [0, 0.1) is 0 Å². The van der Waals surface area contributed by atoms with Crippen LogP contribution in [-0.2, 0) is 4.74 Å². The van der Waals surface area contributed by atoms with Crippen LogP contribution in [0.5, 0.6) is 0 Å². The van der Waals surface area contributed by atoms with Crippen molar-refractivity contribution in [3.05, 3.63) is 94.9 Å². The monoisotopic (exact) mass is 406 g/mol. The average Bonchev–Trinajstić information content (AvgIpc) is 3.16. The molecule has 30 heavy (non-hydrogen) atoms. The van der Waals surface area contributed by atoms with Gasteiger partial charge in [0.2, 0.25) is 0 Å². The van der Waals surface area contributed by atoms with Gasteiger partial charge in [-0.05, 0) is 36.4 Å². The number of aromatic nitrogens is 1. The van der Waals surface area contributed by atoms with Crippen LogP contribution in [0.3, 0.4) is 0 Å². The maximum atomic E-state index is 13.5.